The van der Waals surface area contributed by atoms with Crippen molar-refractivity contribution in [3.05, 3.63) is 60.5 Å². The molecule has 15 heteroatoms. The topological polar surface area (TPSA) is 140 Å². The van der Waals surface area contributed by atoms with E-state index in [1.165, 1.54) is 23.2 Å². The molecule has 4 N–H and O–H groups in total. The fraction of sp³-hybridized carbons (Fsp3) is 0.346. The number of nitrogens with one attached hydrogen (secondary N) is 2. The van der Waals surface area contributed by atoms with Crippen molar-refractivity contribution in [3.63, 3.8) is 0 Å². The molecule has 0 spiro atoms. The van der Waals surface area contributed by atoms with E-state index in [9.17, 15) is 27.2 Å². The van der Waals surface area contributed by atoms with Crippen LogP contribution >= 0.6 is 0 Å². The minimum atomic E-state index is -4.24. The summed E-state index contributed by atoms with van der Waals surface area (Å²) in [6.07, 6.45) is 1.17. The van der Waals surface area contributed by atoms with Crippen molar-refractivity contribution in [1.29, 1.82) is 0 Å². The number of hydrogen-bond donors (Lipinski definition) is 3. The third-order valence-electron chi connectivity index (χ3n) is 6.29. The normalized spacial score (nSPS) is 14.5. The van der Waals surface area contributed by atoms with Gasteiger partial charge in [0.15, 0.2) is 11.5 Å². The predicted molar refractivity (Wildman–Crippen MR) is 142 cm³/mol. The summed E-state index contributed by atoms with van der Waals surface area (Å²) in [6, 6.07) is 3.59. The van der Waals surface area contributed by atoms with E-state index < -0.39 is 30.4 Å². The molecule has 41 heavy (non-hydrogen) atoms. The zero-order valence-electron chi connectivity index (χ0n) is 22.0. The quantitative estimate of drug-likeness (QED) is 0.239. The molecule has 3 aromatic rings. The van der Waals surface area contributed by atoms with Crippen LogP contribution in [0.4, 0.5) is 34.8 Å². The highest BCUT2D eigenvalue weighted by Gasteiger charge is 2.33. The largest absolute Gasteiger partial charge is 0.437 e. The lowest BCUT2D eigenvalue weighted by molar-refractivity contribution is -0.148. The Morgan fingerprint density at radius 3 is 2.61 bits per heavy atom. The number of nitrogens with zero attached hydrogens (tertiary/aromatic N) is 5. The number of nitrogens with two attached hydrogens (primary N) is 1. The fourth-order valence-electron chi connectivity index (χ4n) is 4.32. The maximum atomic E-state index is 14.2. The Morgan fingerprint density at radius 2 is 1.98 bits per heavy atom. The van der Waals surface area contributed by atoms with Crippen molar-refractivity contribution < 1.29 is 31.9 Å². The molecule has 1 saturated heterocycles. The van der Waals surface area contributed by atoms with Gasteiger partial charge in [-0.25, -0.2) is 9.37 Å². The SMILES string of the molecule is C=CC(=O)Nc1cc(Oc2nc(Nc3cnn(C4CCN(CC(F)(F)F)CC4)c3)c(C(N)=O)nc2CC)ccc1F. The van der Waals surface area contributed by atoms with Crippen molar-refractivity contribution in [1.82, 2.24) is 24.6 Å². The van der Waals surface area contributed by atoms with E-state index in [0.29, 0.717) is 30.6 Å². The number of carbonyl (C=O) groups excluding carboxylic acids is 2. The Labute approximate surface area is 232 Å². The summed E-state index contributed by atoms with van der Waals surface area (Å²) in [5.74, 6) is -2.02. The van der Waals surface area contributed by atoms with E-state index in [2.05, 4.69) is 32.3 Å². The highest BCUT2D eigenvalue weighted by molar-refractivity contribution is 5.99. The number of likely N-dealkylation sites (tertiary alicyclic amines) is 1. The fourth-order valence-corrected chi connectivity index (χ4v) is 4.32. The van der Waals surface area contributed by atoms with Gasteiger partial charge in [0.05, 0.1) is 30.2 Å². The average molecular weight is 577 g/mol. The van der Waals surface area contributed by atoms with Crippen molar-refractivity contribution in [2.75, 3.05) is 30.3 Å². The maximum absolute atomic E-state index is 14.2. The van der Waals surface area contributed by atoms with Gasteiger partial charge in [0.1, 0.15) is 17.3 Å². The molecule has 1 aromatic carbocycles. The van der Waals surface area contributed by atoms with Gasteiger partial charge < -0.3 is 21.1 Å². The lowest BCUT2D eigenvalue weighted by atomic mass is 10.1. The maximum Gasteiger partial charge on any atom is 0.401 e. The van der Waals surface area contributed by atoms with Gasteiger partial charge in [0.25, 0.3) is 5.91 Å². The molecule has 2 amide bonds. The van der Waals surface area contributed by atoms with Gasteiger partial charge in [0, 0.05) is 25.4 Å². The number of aromatic nitrogens is 4. The summed E-state index contributed by atoms with van der Waals surface area (Å²) in [6.45, 7) is 4.72. The number of alkyl halides is 3. The number of amides is 2. The Bertz CT molecular complexity index is 1430. The van der Waals surface area contributed by atoms with Gasteiger partial charge in [0.2, 0.25) is 11.8 Å². The number of rotatable bonds is 10. The van der Waals surface area contributed by atoms with E-state index in [1.807, 2.05) is 0 Å². The first kappa shape index (κ1) is 29.5. The summed E-state index contributed by atoms with van der Waals surface area (Å²) in [5, 5.41) is 9.62. The smallest absolute Gasteiger partial charge is 0.401 e. The van der Waals surface area contributed by atoms with Gasteiger partial charge >= 0.3 is 6.18 Å². The summed E-state index contributed by atoms with van der Waals surface area (Å²) in [5.41, 5.74) is 6.00. The van der Waals surface area contributed by atoms with Crippen molar-refractivity contribution in [3.8, 4) is 11.6 Å². The Morgan fingerprint density at radius 1 is 1.24 bits per heavy atom. The minimum Gasteiger partial charge on any atom is -0.437 e. The van der Waals surface area contributed by atoms with E-state index >= 15 is 0 Å². The molecule has 218 valence electrons. The van der Waals surface area contributed by atoms with Crippen molar-refractivity contribution >= 4 is 29.0 Å². The third-order valence-corrected chi connectivity index (χ3v) is 6.29. The molecule has 3 heterocycles. The first-order valence-electron chi connectivity index (χ1n) is 12.7. The number of anilines is 3. The molecule has 0 radical (unpaired) electrons. The summed E-state index contributed by atoms with van der Waals surface area (Å²) in [7, 11) is 0. The number of ether oxygens (including phenoxy) is 1. The molecule has 1 aliphatic rings. The molecule has 4 rings (SSSR count). The molecule has 1 fully saturated rings. The zero-order valence-corrected chi connectivity index (χ0v) is 22.0. The monoisotopic (exact) mass is 576 g/mol. The van der Waals surface area contributed by atoms with Crippen LogP contribution in [0.15, 0.2) is 43.2 Å². The Balaban J connectivity index is 1.54. The van der Waals surface area contributed by atoms with Crippen LogP contribution in [-0.4, -0.2) is 62.3 Å². The highest BCUT2D eigenvalue weighted by Crippen LogP contribution is 2.31. The van der Waals surface area contributed by atoms with Crippen LogP contribution in [0.3, 0.4) is 0 Å². The second-order valence-electron chi connectivity index (χ2n) is 9.28. The van der Waals surface area contributed by atoms with Crippen molar-refractivity contribution in [2.24, 2.45) is 5.73 Å². The van der Waals surface area contributed by atoms with Crippen LogP contribution in [0, 0.1) is 5.82 Å². The molecule has 1 aliphatic heterocycles. The lowest BCUT2D eigenvalue weighted by Gasteiger charge is -2.32. The molecule has 0 aliphatic carbocycles. The van der Waals surface area contributed by atoms with Crippen LogP contribution in [-0.2, 0) is 11.2 Å². The lowest BCUT2D eigenvalue weighted by Crippen LogP contribution is -2.40. The molecule has 11 nitrogen and oxygen atoms in total. The predicted octanol–water partition coefficient (Wildman–Crippen LogP) is 4.33. The van der Waals surface area contributed by atoms with E-state index in [4.69, 9.17) is 10.5 Å². The summed E-state index contributed by atoms with van der Waals surface area (Å²) >= 11 is 0. The molecule has 0 bridgehead atoms. The molecule has 0 unspecified atom stereocenters. The second-order valence-corrected chi connectivity index (χ2v) is 9.28. The molecule has 0 saturated carbocycles. The van der Waals surface area contributed by atoms with Gasteiger partial charge in [-0.1, -0.05) is 13.5 Å². The highest BCUT2D eigenvalue weighted by atomic mass is 19.4. The number of carbonyl (C=O) groups is 2. The molecule has 2 aromatic heterocycles. The standard InChI is InChI=1S/C26H28F4N8O3/c1-3-19-25(41-17-5-6-18(27)20(11-17)34-21(39)4-2)36-24(22(35-19)23(31)40)33-15-12-32-38(13-15)16-7-9-37(10-8-16)14-26(28,29)30/h4-6,11-13,16H,2-3,7-10,14H2,1H3,(H2,31,40)(H,33,36)(H,34,39). The van der Waals surface area contributed by atoms with Gasteiger partial charge in [-0.2, -0.15) is 23.3 Å². The van der Waals surface area contributed by atoms with Gasteiger partial charge in [-0.05, 0) is 37.5 Å². The van der Waals surface area contributed by atoms with Crippen LogP contribution in [0.25, 0.3) is 0 Å². The van der Waals surface area contributed by atoms with Gasteiger partial charge in [-0.3, -0.25) is 19.2 Å². The van der Waals surface area contributed by atoms with E-state index in [0.717, 1.165) is 12.1 Å². The minimum absolute atomic E-state index is 0.0111. The Hall–Kier alpha value is -4.53. The Kier molecular flexibility index (Phi) is 8.86. The number of benzene rings is 1. The molecular weight excluding hydrogens is 548 g/mol. The average Bonchev–Trinajstić information content (AvgIpc) is 3.38. The third kappa shape index (κ3) is 7.57. The summed E-state index contributed by atoms with van der Waals surface area (Å²) < 4.78 is 59.8. The zero-order chi connectivity index (χ0) is 29.7. The van der Waals surface area contributed by atoms with E-state index in [-0.39, 0.29) is 48.0 Å². The summed E-state index contributed by atoms with van der Waals surface area (Å²) in [4.78, 5) is 33.9. The molecule has 0 atom stereocenters. The van der Waals surface area contributed by atoms with Crippen LogP contribution in [0.5, 0.6) is 11.6 Å². The first-order valence-corrected chi connectivity index (χ1v) is 12.7. The van der Waals surface area contributed by atoms with Crippen molar-refractivity contribution in [2.45, 2.75) is 38.4 Å². The number of primary amides is 1. The number of aryl methyl sites for hydroxylation is 1. The van der Waals surface area contributed by atoms with Crippen LogP contribution in [0.2, 0.25) is 0 Å². The van der Waals surface area contributed by atoms with E-state index in [1.54, 1.807) is 17.8 Å². The number of piperidine rings is 1. The number of hydrogen-bond acceptors (Lipinski definition) is 8. The molecular formula is C26H28F4N8O3. The van der Waals surface area contributed by atoms with Gasteiger partial charge in [-0.15, -0.1) is 0 Å². The second kappa shape index (κ2) is 12.3. The van der Waals surface area contributed by atoms with Crippen LogP contribution < -0.4 is 21.1 Å². The first-order chi connectivity index (χ1) is 19.5. The number of halogens is 4. The van der Waals surface area contributed by atoms with Crippen LogP contribution in [0.1, 0.15) is 42.0 Å².